The Balaban J connectivity index is 2.22. The van der Waals surface area contributed by atoms with Crippen LogP contribution in [0.15, 0.2) is 30.5 Å². The lowest BCUT2D eigenvalue weighted by Crippen LogP contribution is -2.17. The SMILES string of the molecule is COc1ncc2c(n1)-c1ccccc1OC2OC. The first-order valence-corrected chi connectivity index (χ1v) is 5.53. The molecule has 0 spiro atoms. The van der Waals surface area contributed by atoms with E-state index in [0.717, 1.165) is 22.6 Å². The van der Waals surface area contributed by atoms with Crippen molar-refractivity contribution in [1.82, 2.24) is 9.97 Å². The van der Waals surface area contributed by atoms with Crippen LogP contribution in [0.3, 0.4) is 0 Å². The number of benzene rings is 1. The Labute approximate surface area is 104 Å². The van der Waals surface area contributed by atoms with E-state index in [-0.39, 0.29) is 0 Å². The quantitative estimate of drug-likeness (QED) is 0.810. The summed E-state index contributed by atoms with van der Waals surface area (Å²) in [7, 11) is 3.13. The van der Waals surface area contributed by atoms with Gasteiger partial charge in [0.05, 0.1) is 18.4 Å². The Bertz CT molecular complexity index is 586. The first kappa shape index (κ1) is 11.0. The molecule has 0 aliphatic carbocycles. The van der Waals surface area contributed by atoms with Gasteiger partial charge in [-0.05, 0) is 12.1 Å². The van der Waals surface area contributed by atoms with Gasteiger partial charge in [0.15, 0.2) is 0 Å². The molecule has 0 bridgehead atoms. The van der Waals surface area contributed by atoms with E-state index in [1.165, 1.54) is 0 Å². The minimum absolute atomic E-state index is 0.334. The molecule has 5 heteroatoms. The molecule has 5 nitrogen and oxygen atoms in total. The molecule has 1 unspecified atom stereocenters. The Morgan fingerprint density at radius 1 is 1.22 bits per heavy atom. The number of nitrogens with zero attached hydrogens (tertiary/aromatic N) is 2. The maximum Gasteiger partial charge on any atom is 0.316 e. The molecule has 1 aliphatic rings. The number of rotatable bonds is 2. The van der Waals surface area contributed by atoms with Gasteiger partial charge in [-0.3, -0.25) is 0 Å². The van der Waals surface area contributed by atoms with Crippen LogP contribution in [0.5, 0.6) is 11.8 Å². The highest BCUT2D eigenvalue weighted by Crippen LogP contribution is 2.41. The molecule has 18 heavy (non-hydrogen) atoms. The summed E-state index contributed by atoms with van der Waals surface area (Å²) in [6, 6.07) is 8.02. The van der Waals surface area contributed by atoms with Crippen molar-refractivity contribution in [1.29, 1.82) is 0 Å². The number of hydrogen-bond donors (Lipinski definition) is 0. The van der Waals surface area contributed by atoms with E-state index in [2.05, 4.69) is 9.97 Å². The van der Waals surface area contributed by atoms with E-state index in [9.17, 15) is 0 Å². The maximum atomic E-state index is 5.74. The van der Waals surface area contributed by atoms with Gasteiger partial charge in [0.25, 0.3) is 0 Å². The van der Waals surface area contributed by atoms with Gasteiger partial charge in [0, 0.05) is 18.9 Å². The molecule has 0 saturated carbocycles. The molecule has 0 amide bonds. The van der Waals surface area contributed by atoms with Gasteiger partial charge in [-0.15, -0.1) is 0 Å². The molecule has 1 atom stereocenters. The molecule has 2 aromatic rings. The van der Waals surface area contributed by atoms with Crippen LogP contribution >= 0.6 is 0 Å². The van der Waals surface area contributed by atoms with Crippen LogP contribution in [-0.4, -0.2) is 24.2 Å². The standard InChI is InChI=1S/C13H12N2O3/c1-16-12-9-7-14-13(17-2)15-11(9)8-5-3-4-6-10(8)18-12/h3-7,12H,1-2H3. The fraction of sp³-hybridized carbons (Fsp3) is 0.231. The molecule has 3 rings (SSSR count). The molecular weight excluding hydrogens is 232 g/mol. The lowest BCUT2D eigenvalue weighted by Gasteiger charge is -2.26. The maximum absolute atomic E-state index is 5.74. The highest BCUT2D eigenvalue weighted by atomic mass is 16.7. The van der Waals surface area contributed by atoms with E-state index >= 15 is 0 Å². The summed E-state index contributed by atoms with van der Waals surface area (Å²) < 4.78 is 16.1. The Hall–Kier alpha value is -2.14. The summed E-state index contributed by atoms with van der Waals surface area (Å²) in [5, 5.41) is 0. The number of aromatic nitrogens is 2. The monoisotopic (exact) mass is 244 g/mol. The molecule has 0 saturated heterocycles. The second-order valence-corrected chi connectivity index (χ2v) is 3.84. The number of para-hydroxylation sites is 1. The summed E-state index contributed by atoms with van der Waals surface area (Å²) in [6.07, 6.45) is 1.19. The fourth-order valence-electron chi connectivity index (χ4n) is 1.98. The van der Waals surface area contributed by atoms with Crippen LogP contribution in [0.25, 0.3) is 11.3 Å². The van der Waals surface area contributed by atoms with Crippen LogP contribution in [0.4, 0.5) is 0 Å². The molecule has 0 radical (unpaired) electrons. The lowest BCUT2D eigenvalue weighted by atomic mass is 10.0. The number of fused-ring (bicyclic) bond motifs is 3. The normalized spacial score (nSPS) is 16.4. The largest absolute Gasteiger partial charge is 0.467 e. The molecule has 1 aromatic heterocycles. The van der Waals surface area contributed by atoms with Gasteiger partial charge in [-0.1, -0.05) is 12.1 Å². The summed E-state index contributed by atoms with van der Waals surface area (Å²) in [4.78, 5) is 8.47. The van der Waals surface area contributed by atoms with Gasteiger partial charge in [0.2, 0.25) is 6.29 Å². The molecule has 1 aliphatic heterocycles. The van der Waals surface area contributed by atoms with Crippen LogP contribution in [0.2, 0.25) is 0 Å². The fourth-order valence-corrected chi connectivity index (χ4v) is 1.98. The predicted molar refractivity (Wildman–Crippen MR) is 64.4 cm³/mol. The van der Waals surface area contributed by atoms with Crippen molar-refractivity contribution in [3.05, 3.63) is 36.0 Å². The lowest BCUT2D eigenvalue weighted by molar-refractivity contribution is -0.0584. The third-order valence-electron chi connectivity index (χ3n) is 2.82. The summed E-state index contributed by atoms with van der Waals surface area (Å²) in [5.41, 5.74) is 2.51. The zero-order valence-electron chi connectivity index (χ0n) is 10.1. The minimum Gasteiger partial charge on any atom is -0.467 e. The molecular formula is C13H12N2O3. The van der Waals surface area contributed by atoms with Crippen molar-refractivity contribution in [3.63, 3.8) is 0 Å². The van der Waals surface area contributed by atoms with E-state index in [4.69, 9.17) is 14.2 Å². The van der Waals surface area contributed by atoms with Crippen LogP contribution in [0, 0.1) is 0 Å². The van der Waals surface area contributed by atoms with Gasteiger partial charge >= 0.3 is 6.01 Å². The van der Waals surface area contributed by atoms with Crippen molar-refractivity contribution in [2.45, 2.75) is 6.29 Å². The van der Waals surface area contributed by atoms with Crippen LogP contribution in [0.1, 0.15) is 11.9 Å². The second kappa shape index (κ2) is 4.27. The first-order valence-electron chi connectivity index (χ1n) is 5.53. The van der Waals surface area contributed by atoms with Crippen LogP contribution in [-0.2, 0) is 4.74 Å². The Morgan fingerprint density at radius 3 is 2.83 bits per heavy atom. The first-order chi connectivity index (χ1) is 8.83. The topological polar surface area (TPSA) is 53.5 Å². The van der Waals surface area contributed by atoms with Gasteiger partial charge in [-0.2, -0.15) is 4.98 Å². The van der Waals surface area contributed by atoms with E-state index in [0.29, 0.717) is 6.01 Å². The molecule has 92 valence electrons. The van der Waals surface area contributed by atoms with Gasteiger partial charge < -0.3 is 14.2 Å². The van der Waals surface area contributed by atoms with E-state index < -0.39 is 6.29 Å². The average Bonchev–Trinajstić information content (AvgIpc) is 2.45. The van der Waals surface area contributed by atoms with E-state index in [1.807, 2.05) is 24.3 Å². The highest BCUT2D eigenvalue weighted by molar-refractivity contribution is 5.72. The molecule has 1 aromatic carbocycles. The zero-order valence-corrected chi connectivity index (χ0v) is 10.1. The molecule has 2 heterocycles. The molecule has 0 N–H and O–H groups in total. The summed E-state index contributed by atoms with van der Waals surface area (Å²) >= 11 is 0. The van der Waals surface area contributed by atoms with Crippen molar-refractivity contribution in [2.24, 2.45) is 0 Å². The summed E-state index contributed by atoms with van der Waals surface area (Å²) in [5.74, 6) is 0.748. The second-order valence-electron chi connectivity index (χ2n) is 3.84. The smallest absolute Gasteiger partial charge is 0.316 e. The van der Waals surface area contributed by atoms with E-state index in [1.54, 1.807) is 20.4 Å². The van der Waals surface area contributed by atoms with Gasteiger partial charge in [-0.25, -0.2) is 4.98 Å². The third-order valence-corrected chi connectivity index (χ3v) is 2.82. The van der Waals surface area contributed by atoms with Crippen molar-refractivity contribution in [2.75, 3.05) is 14.2 Å². The Kier molecular flexibility index (Phi) is 2.60. The number of ether oxygens (including phenoxy) is 3. The van der Waals surface area contributed by atoms with Crippen molar-refractivity contribution >= 4 is 0 Å². The molecule has 0 fully saturated rings. The minimum atomic E-state index is -0.485. The predicted octanol–water partition coefficient (Wildman–Crippen LogP) is 2.19. The summed E-state index contributed by atoms with van der Waals surface area (Å²) in [6.45, 7) is 0. The van der Waals surface area contributed by atoms with Crippen molar-refractivity contribution < 1.29 is 14.2 Å². The average molecular weight is 244 g/mol. The third kappa shape index (κ3) is 1.60. The zero-order chi connectivity index (χ0) is 12.5. The van der Waals surface area contributed by atoms with Gasteiger partial charge in [0.1, 0.15) is 5.75 Å². The Morgan fingerprint density at radius 2 is 2.06 bits per heavy atom. The highest BCUT2D eigenvalue weighted by Gasteiger charge is 2.27. The van der Waals surface area contributed by atoms with Crippen LogP contribution < -0.4 is 9.47 Å². The number of hydrogen-bond acceptors (Lipinski definition) is 5. The number of methoxy groups -OCH3 is 2. The van der Waals surface area contributed by atoms with Crippen molar-refractivity contribution in [3.8, 4) is 23.0 Å².